The quantitative estimate of drug-likeness (QED) is 0.612. The fourth-order valence-corrected chi connectivity index (χ4v) is 6.45. The van der Waals surface area contributed by atoms with E-state index in [0.717, 1.165) is 12.0 Å². The SMILES string of the molecule is CCCN1CC=C[C@H]2O[C@]34C=CCN(C(C)C)C(=O)C3N([C@H](CO)c3ccccc3)C(=O)[C@@H]4[C@H]2C1=O. The van der Waals surface area contributed by atoms with Crippen molar-refractivity contribution >= 4 is 17.7 Å². The Bertz CT molecular complexity index is 1090. The second-order valence-electron chi connectivity index (χ2n) is 10.4. The van der Waals surface area contributed by atoms with Gasteiger partial charge >= 0.3 is 0 Å². The Morgan fingerprint density at radius 3 is 2.47 bits per heavy atom. The van der Waals surface area contributed by atoms with Crippen molar-refractivity contribution in [2.75, 3.05) is 26.2 Å². The molecule has 4 aliphatic heterocycles. The van der Waals surface area contributed by atoms with Gasteiger partial charge in [0.2, 0.25) is 17.7 Å². The number of fused-ring (bicyclic) bond motifs is 2. The summed E-state index contributed by atoms with van der Waals surface area (Å²) in [4.78, 5) is 47.3. The number of ether oxygens (including phenoxy) is 1. The average molecular weight is 494 g/mol. The van der Waals surface area contributed by atoms with Gasteiger partial charge in [0.05, 0.1) is 30.6 Å². The molecule has 0 bridgehead atoms. The molecule has 1 spiro atoms. The van der Waals surface area contributed by atoms with Crippen molar-refractivity contribution in [1.29, 1.82) is 0 Å². The van der Waals surface area contributed by atoms with Crippen LogP contribution >= 0.6 is 0 Å². The third-order valence-electron chi connectivity index (χ3n) is 8.02. The first kappa shape index (κ1) is 24.7. The van der Waals surface area contributed by atoms with Crippen LogP contribution in [-0.4, -0.2) is 87.6 Å². The van der Waals surface area contributed by atoms with E-state index in [0.29, 0.717) is 19.6 Å². The van der Waals surface area contributed by atoms with Crippen LogP contribution in [0.5, 0.6) is 0 Å². The maximum absolute atomic E-state index is 14.4. The Morgan fingerprint density at radius 1 is 1.06 bits per heavy atom. The van der Waals surface area contributed by atoms with Crippen LogP contribution in [0.3, 0.4) is 0 Å². The van der Waals surface area contributed by atoms with Crippen molar-refractivity contribution in [2.45, 2.75) is 57.0 Å². The maximum Gasteiger partial charge on any atom is 0.249 e. The molecule has 3 amide bonds. The van der Waals surface area contributed by atoms with Crippen LogP contribution in [0.15, 0.2) is 54.6 Å². The van der Waals surface area contributed by atoms with Crippen LogP contribution in [0.1, 0.15) is 38.8 Å². The molecule has 0 aromatic heterocycles. The van der Waals surface area contributed by atoms with Crippen molar-refractivity contribution in [2.24, 2.45) is 11.8 Å². The molecule has 2 fully saturated rings. The van der Waals surface area contributed by atoms with Gasteiger partial charge in [-0.1, -0.05) is 61.6 Å². The Morgan fingerprint density at radius 2 is 1.81 bits per heavy atom. The summed E-state index contributed by atoms with van der Waals surface area (Å²) in [6.45, 7) is 7.01. The summed E-state index contributed by atoms with van der Waals surface area (Å²) in [6, 6.07) is 7.44. The number of carbonyl (C=O) groups excluding carboxylic acids is 3. The number of hydrogen-bond donors (Lipinski definition) is 1. The number of aliphatic hydroxyl groups is 1. The molecule has 0 radical (unpaired) electrons. The normalized spacial score (nSPS) is 32.5. The second-order valence-corrected chi connectivity index (χ2v) is 10.4. The van der Waals surface area contributed by atoms with Gasteiger partial charge in [-0.2, -0.15) is 0 Å². The molecule has 8 heteroatoms. The molecular formula is C28H35N3O5. The summed E-state index contributed by atoms with van der Waals surface area (Å²) in [5.41, 5.74) is -0.554. The van der Waals surface area contributed by atoms with Crippen molar-refractivity contribution in [3.05, 3.63) is 60.2 Å². The zero-order chi connectivity index (χ0) is 25.6. The zero-order valence-corrected chi connectivity index (χ0v) is 21.1. The van der Waals surface area contributed by atoms with Crippen molar-refractivity contribution in [3.8, 4) is 0 Å². The van der Waals surface area contributed by atoms with E-state index in [1.807, 2.05) is 75.4 Å². The van der Waals surface area contributed by atoms with E-state index in [4.69, 9.17) is 4.74 Å². The molecular weight excluding hydrogens is 458 g/mol. The Labute approximate surface area is 212 Å². The average Bonchev–Trinajstić information content (AvgIpc) is 3.18. The predicted octanol–water partition coefficient (Wildman–Crippen LogP) is 1.92. The van der Waals surface area contributed by atoms with Crippen LogP contribution in [0.4, 0.5) is 0 Å². The Balaban J connectivity index is 1.66. The fraction of sp³-hybridized carbons (Fsp3) is 0.536. The summed E-state index contributed by atoms with van der Waals surface area (Å²) in [7, 11) is 0. The number of likely N-dealkylation sites (tertiary alicyclic amines) is 1. The second kappa shape index (κ2) is 9.48. The highest BCUT2D eigenvalue weighted by molar-refractivity contribution is 6.00. The molecule has 1 unspecified atom stereocenters. The largest absolute Gasteiger partial charge is 0.394 e. The van der Waals surface area contributed by atoms with E-state index in [2.05, 4.69) is 0 Å². The van der Waals surface area contributed by atoms with E-state index in [1.165, 1.54) is 4.90 Å². The molecule has 0 saturated carbocycles. The summed E-state index contributed by atoms with van der Waals surface area (Å²) < 4.78 is 6.65. The van der Waals surface area contributed by atoms with Crippen molar-refractivity contribution in [3.63, 3.8) is 0 Å². The molecule has 8 nitrogen and oxygen atoms in total. The van der Waals surface area contributed by atoms with Crippen LogP contribution in [0.2, 0.25) is 0 Å². The lowest BCUT2D eigenvalue weighted by Crippen LogP contribution is -2.57. The van der Waals surface area contributed by atoms with Crippen molar-refractivity contribution in [1.82, 2.24) is 14.7 Å². The van der Waals surface area contributed by atoms with E-state index in [-0.39, 0.29) is 30.4 Å². The number of carbonyl (C=O) groups is 3. The third kappa shape index (κ3) is 3.61. The number of nitrogens with zero attached hydrogens (tertiary/aromatic N) is 3. The predicted molar refractivity (Wildman–Crippen MR) is 133 cm³/mol. The highest BCUT2D eigenvalue weighted by Crippen LogP contribution is 2.55. The van der Waals surface area contributed by atoms with Gasteiger partial charge in [0.15, 0.2) is 0 Å². The van der Waals surface area contributed by atoms with Gasteiger partial charge in [-0.15, -0.1) is 0 Å². The van der Waals surface area contributed by atoms with Crippen LogP contribution < -0.4 is 0 Å². The fourth-order valence-electron chi connectivity index (χ4n) is 6.45. The molecule has 2 saturated heterocycles. The first-order chi connectivity index (χ1) is 17.4. The number of amides is 3. The Kier molecular flexibility index (Phi) is 6.51. The molecule has 192 valence electrons. The van der Waals surface area contributed by atoms with Crippen LogP contribution in [0, 0.1) is 11.8 Å². The molecule has 1 aromatic rings. The molecule has 0 aliphatic carbocycles. The topological polar surface area (TPSA) is 90.4 Å². The first-order valence-electron chi connectivity index (χ1n) is 12.9. The smallest absolute Gasteiger partial charge is 0.249 e. The zero-order valence-electron chi connectivity index (χ0n) is 21.1. The molecule has 4 aliphatic rings. The minimum atomic E-state index is -1.29. The first-order valence-corrected chi connectivity index (χ1v) is 12.9. The van der Waals surface area contributed by atoms with Gasteiger partial charge in [-0.05, 0) is 25.8 Å². The molecule has 4 heterocycles. The van der Waals surface area contributed by atoms with E-state index >= 15 is 0 Å². The van der Waals surface area contributed by atoms with Gasteiger partial charge in [-0.3, -0.25) is 14.4 Å². The van der Waals surface area contributed by atoms with Gasteiger partial charge in [0.1, 0.15) is 11.6 Å². The van der Waals surface area contributed by atoms with Crippen LogP contribution in [0.25, 0.3) is 0 Å². The van der Waals surface area contributed by atoms with Gasteiger partial charge in [0.25, 0.3) is 0 Å². The number of benzene rings is 1. The lowest BCUT2D eigenvalue weighted by Gasteiger charge is -2.39. The summed E-state index contributed by atoms with van der Waals surface area (Å²) >= 11 is 0. The standard InChI is InChI=1S/C28H35N3O5/c1-4-14-29-15-8-12-21-22(25(29)33)23-26(34)31(20(17-32)19-10-6-5-7-11-19)24-27(35)30(18(2)3)16-9-13-28(23,24)36-21/h5-13,18,20-24,32H,4,14-17H2,1-3H3/t20-,21-,22+,23+,24?,28+/m1/s1. The molecule has 1 aromatic carbocycles. The summed E-state index contributed by atoms with van der Waals surface area (Å²) in [5.74, 6) is -2.24. The number of hydrogen-bond acceptors (Lipinski definition) is 5. The van der Waals surface area contributed by atoms with Gasteiger partial charge < -0.3 is 24.5 Å². The number of rotatable bonds is 6. The lowest BCUT2D eigenvalue weighted by atomic mass is 9.77. The van der Waals surface area contributed by atoms with E-state index in [1.54, 1.807) is 9.80 Å². The lowest BCUT2D eigenvalue weighted by molar-refractivity contribution is -0.152. The maximum atomic E-state index is 14.4. The minimum absolute atomic E-state index is 0.0916. The van der Waals surface area contributed by atoms with E-state index < -0.39 is 35.6 Å². The number of aliphatic hydroxyl groups excluding tert-OH is 1. The third-order valence-corrected chi connectivity index (χ3v) is 8.02. The van der Waals surface area contributed by atoms with Crippen molar-refractivity contribution < 1.29 is 24.2 Å². The molecule has 5 rings (SSSR count). The van der Waals surface area contributed by atoms with E-state index in [9.17, 15) is 19.5 Å². The molecule has 36 heavy (non-hydrogen) atoms. The minimum Gasteiger partial charge on any atom is -0.394 e. The highest BCUT2D eigenvalue weighted by atomic mass is 16.5. The molecule has 1 N–H and O–H groups in total. The Hall–Kier alpha value is -2.97. The summed E-state index contributed by atoms with van der Waals surface area (Å²) in [5, 5.41) is 10.5. The van der Waals surface area contributed by atoms with Gasteiger partial charge in [-0.25, -0.2) is 0 Å². The monoisotopic (exact) mass is 493 g/mol. The summed E-state index contributed by atoms with van der Waals surface area (Å²) in [6.07, 6.45) is 7.76. The highest BCUT2D eigenvalue weighted by Gasteiger charge is 2.72. The van der Waals surface area contributed by atoms with Gasteiger partial charge in [0, 0.05) is 25.7 Å². The van der Waals surface area contributed by atoms with Crippen LogP contribution in [-0.2, 0) is 19.1 Å². The molecule has 6 atom stereocenters.